The van der Waals surface area contributed by atoms with Crippen molar-refractivity contribution < 1.29 is 4.79 Å². The Bertz CT molecular complexity index is 356. The second-order valence-electron chi connectivity index (χ2n) is 4.27. The molecular weight excluding hydrogens is 244 g/mol. The zero-order valence-electron chi connectivity index (χ0n) is 11.1. The molecule has 0 aromatic heterocycles. The van der Waals surface area contributed by atoms with Crippen LogP contribution in [0.15, 0.2) is 30.3 Å². The summed E-state index contributed by atoms with van der Waals surface area (Å²) in [6.45, 7) is 3.97. The third-order valence-corrected chi connectivity index (χ3v) is 3.77. The van der Waals surface area contributed by atoms with E-state index in [1.807, 2.05) is 48.4 Å². The number of nitrogens with zero attached hydrogens (tertiary/aromatic N) is 1. The molecule has 1 atom stereocenters. The van der Waals surface area contributed by atoms with Gasteiger partial charge in [0.25, 0.3) is 0 Å². The number of amides is 1. The fourth-order valence-corrected chi connectivity index (χ4v) is 2.06. The molecular formula is C14H22N2OS. The summed E-state index contributed by atoms with van der Waals surface area (Å²) in [7, 11) is 0. The van der Waals surface area contributed by atoms with Crippen LogP contribution in [0.4, 0.5) is 0 Å². The minimum atomic E-state index is 0.00601. The zero-order chi connectivity index (χ0) is 13.4. The van der Waals surface area contributed by atoms with Gasteiger partial charge < -0.3 is 10.6 Å². The fourth-order valence-electron chi connectivity index (χ4n) is 1.71. The van der Waals surface area contributed by atoms with Gasteiger partial charge in [-0.2, -0.15) is 11.8 Å². The molecule has 0 spiro atoms. The van der Waals surface area contributed by atoms with E-state index in [9.17, 15) is 4.79 Å². The van der Waals surface area contributed by atoms with E-state index in [1.165, 1.54) is 0 Å². The third kappa shape index (κ3) is 4.70. The van der Waals surface area contributed by atoms with Crippen molar-refractivity contribution in [2.24, 2.45) is 5.73 Å². The highest BCUT2D eigenvalue weighted by atomic mass is 32.2. The minimum absolute atomic E-state index is 0.00601. The predicted octanol–water partition coefficient (Wildman–Crippen LogP) is 2.12. The van der Waals surface area contributed by atoms with Crippen molar-refractivity contribution in [2.75, 3.05) is 19.3 Å². The first-order chi connectivity index (χ1) is 8.69. The zero-order valence-corrected chi connectivity index (χ0v) is 12.0. The number of nitrogens with two attached hydrogens (primary N) is 1. The molecule has 4 heteroatoms. The molecule has 18 heavy (non-hydrogen) atoms. The van der Waals surface area contributed by atoms with E-state index in [4.69, 9.17) is 5.73 Å². The van der Waals surface area contributed by atoms with Gasteiger partial charge in [-0.25, -0.2) is 0 Å². The smallest absolute Gasteiger partial charge is 0.235 e. The van der Waals surface area contributed by atoms with E-state index in [0.29, 0.717) is 13.1 Å². The van der Waals surface area contributed by atoms with Crippen LogP contribution in [-0.2, 0) is 11.3 Å². The molecule has 100 valence electrons. The number of hydrogen-bond donors (Lipinski definition) is 1. The van der Waals surface area contributed by atoms with Crippen molar-refractivity contribution in [3.8, 4) is 0 Å². The van der Waals surface area contributed by atoms with Crippen LogP contribution in [0.1, 0.15) is 18.9 Å². The van der Waals surface area contributed by atoms with Crippen LogP contribution >= 0.6 is 11.8 Å². The lowest BCUT2D eigenvalue weighted by atomic mass is 10.2. The molecule has 0 fully saturated rings. The molecule has 1 aromatic rings. The summed E-state index contributed by atoms with van der Waals surface area (Å²) < 4.78 is 0. The topological polar surface area (TPSA) is 46.3 Å². The van der Waals surface area contributed by atoms with Crippen molar-refractivity contribution in [1.29, 1.82) is 0 Å². The highest BCUT2D eigenvalue weighted by molar-refractivity contribution is 7.99. The summed E-state index contributed by atoms with van der Waals surface area (Å²) in [5.41, 5.74) is 6.70. The monoisotopic (exact) mass is 266 g/mol. The van der Waals surface area contributed by atoms with Gasteiger partial charge in [0.1, 0.15) is 0 Å². The minimum Gasteiger partial charge on any atom is -0.337 e. The van der Waals surface area contributed by atoms with Crippen LogP contribution in [0.25, 0.3) is 0 Å². The average molecular weight is 266 g/mol. The lowest BCUT2D eigenvalue weighted by Crippen LogP contribution is -2.37. The molecule has 0 aliphatic heterocycles. The second kappa shape index (κ2) is 8.16. The van der Waals surface area contributed by atoms with Gasteiger partial charge in [0.05, 0.1) is 5.25 Å². The summed E-state index contributed by atoms with van der Waals surface area (Å²) >= 11 is 1.58. The van der Waals surface area contributed by atoms with Gasteiger partial charge in [0, 0.05) is 13.1 Å². The van der Waals surface area contributed by atoms with Gasteiger partial charge in [-0.1, -0.05) is 30.3 Å². The Hall–Kier alpha value is -1.00. The summed E-state index contributed by atoms with van der Waals surface area (Å²) in [5.74, 6) is 0.194. The van der Waals surface area contributed by atoms with Crippen molar-refractivity contribution in [2.45, 2.75) is 25.1 Å². The molecule has 0 bridgehead atoms. The summed E-state index contributed by atoms with van der Waals surface area (Å²) in [4.78, 5) is 14.2. The molecule has 1 amide bonds. The fraction of sp³-hybridized carbons (Fsp3) is 0.500. The Morgan fingerprint density at radius 3 is 2.61 bits per heavy atom. The third-order valence-electron chi connectivity index (χ3n) is 2.86. The molecule has 0 aliphatic carbocycles. The van der Waals surface area contributed by atoms with Crippen LogP contribution in [-0.4, -0.2) is 35.4 Å². The Labute approximate surface area is 114 Å². The normalized spacial score (nSPS) is 12.2. The molecule has 0 saturated carbocycles. The Kier molecular flexibility index (Phi) is 6.83. The van der Waals surface area contributed by atoms with E-state index < -0.39 is 0 Å². The van der Waals surface area contributed by atoms with Gasteiger partial charge in [0.15, 0.2) is 0 Å². The van der Waals surface area contributed by atoms with E-state index in [2.05, 4.69) is 0 Å². The first kappa shape index (κ1) is 15.1. The van der Waals surface area contributed by atoms with E-state index in [0.717, 1.165) is 18.5 Å². The summed E-state index contributed by atoms with van der Waals surface area (Å²) in [6.07, 6.45) is 2.81. The van der Waals surface area contributed by atoms with Gasteiger partial charge in [-0.3, -0.25) is 4.79 Å². The standard InChI is InChI=1S/C14H22N2OS/c1-12(18-2)14(17)16(10-6-9-15)11-13-7-4-3-5-8-13/h3-5,7-8,12H,6,9-11,15H2,1-2H3. The molecule has 3 nitrogen and oxygen atoms in total. The van der Waals surface area contributed by atoms with E-state index in [-0.39, 0.29) is 11.2 Å². The van der Waals surface area contributed by atoms with Crippen molar-refractivity contribution in [3.05, 3.63) is 35.9 Å². The SMILES string of the molecule is CSC(C)C(=O)N(CCCN)Cc1ccccc1. The largest absolute Gasteiger partial charge is 0.337 e. The number of benzene rings is 1. The molecule has 0 radical (unpaired) electrons. The maximum atomic E-state index is 12.2. The van der Waals surface area contributed by atoms with Gasteiger partial charge in [-0.05, 0) is 31.7 Å². The number of carbonyl (C=O) groups excluding carboxylic acids is 1. The first-order valence-electron chi connectivity index (χ1n) is 6.24. The quantitative estimate of drug-likeness (QED) is 0.822. The maximum absolute atomic E-state index is 12.2. The van der Waals surface area contributed by atoms with E-state index in [1.54, 1.807) is 11.8 Å². The average Bonchev–Trinajstić information content (AvgIpc) is 2.42. The van der Waals surface area contributed by atoms with Crippen molar-refractivity contribution in [3.63, 3.8) is 0 Å². The molecule has 1 unspecified atom stereocenters. The first-order valence-corrected chi connectivity index (χ1v) is 7.53. The van der Waals surface area contributed by atoms with Crippen molar-refractivity contribution in [1.82, 2.24) is 4.90 Å². The highest BCUT2D eigenvalue weighted by Gasteiger charge is 2.19. The van der Waals surface area contributed by atoms with Crippen LogP contribution < -0.4 is 5.73 Å². The van der Waals surface area contributed by atoms with Crippen molar-refractivity contribution >= 4 is 17.7 Å². The second-order valence-corrected chi connectivity index (χ2v) is 5.44. The lowest BCUT2D eigenvalue weighted by Gasteiger charge is -2.25. The van der Waals surface area contributed by atoms with Crippen LogP contribution in [0.5, 0.6) is 0 Å². The summed E-state index contributed by atoms with van der Waals surface area (Å²) in [5, 5.41) is 0.00601. The Morgan fingerprint density at radius 1 is 1.39 bits per heavy atom. The van der Waals surface area contributed by atoms with Gasteiger partial charge >= 0.3 is 0 Å². The highest BCUT2D eigenvalue weighted by Crippen LogP contribution is 2.13. The predicted molar refractivity (Wildman–Crippen MR) is 78.5 cm³/mol. The number of thioether (sulfide) groups is 1. The van der Waals surface area contributed by atoms with Gasteiger partial charge in [-0.15, -0.1) is 0 Å². The van der Waals surface area contributed by atoms with E-state index >= 15 is 0 Å². The Balaban J connectivity index is 2.69. The van der Waals surface area contributed by atoms with Crippen LogP contribution in [0.2, 0.25) is 0 Å². The number of hydrogen-bond acceptors (Lipinski definition) is 3. The maximum Gasteiger partial charge on any atom is 0.235 e. The molecule has 0 heterocycles. The lowest BCUT2D eigenvalue weighted by molar-refractivity contribution is -0.131. The summed E-state index contributed by atoms with van der Waals surface area (Å²) in [6, 6.07) is 10.1. The molecule has 1 aromatic carbocycles. The van der Waals surface area contributed by atoms with Gasteiger partial charge in [0.2, 0.25) is 5.91 Å². The van der Waals surface area contributed by atoms with Crippen LogP contribution in [0.3, 0.4) is 0 Å². The molecule has 0 saturated heterocycles. The number of carbonyl (C=O) groups is 1. The Morgan fingerprint density at radius 2 is 2.06 bits per heavy atom. The number of rotatable bonds is 7. The molecule has 0 aliphatic rings. The molecule has 1 rings (SSSR count). The van der Waals surface area contributed by atoms with Crippen LogP contribution in [0, 0.1) is 0 Å². The molecule has 2 N–H and O–H groups in total.